The number of phenolic OH excluding ortho intramolecular Hbond substituents is 1. The first-order valence-electron chi connectivity index (χ1n) is 12.9. The molecule has 1 fully saturated rings. The predicted molar refractivity (Wildman–Crippen MR) is 145 cm³/mol. The lowest BCUT2D eigenvalue weighted by Gasteiger charge is -2.29. The fourth-order valence-electron chi connectivity index (χ4n) is 4.09. The molecule has 3 aromatic rings. The van der Waals surface area contributed by atoms with Gasteiger partial charge in [0.25, 0.3) is 5.91 Å². The normalized spacial score (nSPS) is 14.7. The summed E-state index contributed by atoms with van der Waals surface area (Å²) in [5, 5.41) is 12.0. The third-order valence-corrected chi connectivity index (χ3v) is 6.38. The number of ether oxygens (including phenoxy) is 3. The number of halogens is 4. The standard InChI is InChI=1S/C30H28F4N2O6/c1-36-14-12-23(13-15-36)41-22-9-7-21(8-10-22)40-18-20-4-2-3-5-25(20)35-28(38)27(42-29(39)30(32,33)34)17-19-6-11-24(31)26(37)16-19/h2-11,16-17,23,37H,12-15,18H2,1H3,(H,35,38)/b27-17+. The molecule has 1 aliphatic rings. The highest BCUT2D eigenvalue weighted by Gasteiger charge is 2.42. The molecule has 0 spiro atoms. The molecule has 0 saturated carbocycles. The highest BCUT2D eigenvalue weighted by molar-refractivity contribution is 6.07. The summed E-state index contributed by atoms with van der Waals surface area (Å²) in [4.78, 5) is 26.7. The number of aromatic hydroxyl groups is 1. The molecule has 1 saturated heterocycles. The van der Waals surface area contributed by atoms with E-state index in [0.29, 0.717) is 17.1 Å². The predicted octanol–water partition coefficient (Wildman–Crippen LogP) is 5.67. The Morgan fingerprint density at radius 3 is 2.36 bits per heavy atom. The molecule has 222 valence electrons. The Bertz CT molecular complexity index is 1430. The summed E-state index contributed by atoms with van der Waals surface area (Å²) >= 11 is 0. The smallest absolute Gasteiger partial charge is 0.491 e. The maximum absolute atomic E-state index is 13.4. The molecular formula is C30H28F4N2O6. The summed E-state index contributed by atoms with van der Waals surface area (Å²) in [7, 11) is 2.07. The van der Waals surface area contributed by atoms with Gasteiger partial charge in [-0.3, -0.25) is 4.79 Å². The molecule has 1 heterocycles. The van der Waals surface area contributed by atoms with Crippen molar-refractivity contribution in [1.29, 1.82) is 0 Å². The molecule has 3 aromatic carbocycles. The molecule has 2 N–H and O–H groups in total. The molecule has 0 atom stereocenters. The van der Waals surface area contributed by atoms with Gasteiger partial charge >= 0.3 is 12.1 Å². The Labute approximate surface area is 239 Å². The van der Waals surface area contributed by atoms with Crippen molar-refractivity contribution in [1.82, 2.24) is 4.90 Å². The number of alkyl halides is 3. The van der Waals surface area contributed by atoms with Gasteiger partial charge in [-0.2, -0.15) is 13.2 Å². The van der Waals surface area contributed by atoms with Gasteiger partial charge in [0.05, 0.1) is 0 Å². The van der Waals surface area contributed by atoms with Crippen molar-refractivity contribution in [3.8, 4) is 17.2 Å². The molecule has 0 radical (unpaired) electrons. The molecule has 0 aromatic heterocycles. The lowest BCUT2D eigenvalue weighted by Crippen LogP contribution is -2.35. The van der Waals surface area contributed by atoms with Crippen molar-refractivity contribution in [2.45, 2.75) is 31.7 Å². The Morgan fingerprint density at radius 1 is 1.02 bits per heavy atom. The van der Waals surface area contributed by atoms with Gasteiger partial charge in [0.2, 0.25) is 0 Å². The first kappa shape index (κ1) is 30.4. The second-order valence-corrected chi connectivity index (χ2v) is 9.60. The molecule has 4 rings (SSSR count). The molecule has 0 bridgehead atoms. The average molecular weight is 589 g/mol. The van der Waals surface area contributed by atoms with E-state index in [-0.39, 0.29) is 24.0 Å². The van der Waals surface area contributed by atoms with E-state index >= 15 is 0 Å². The van der Waals surface area contributed by atoms with E-state index in [1.807, 2.05) is 0 Å². The fourth-order valence-corrected chi connectivity index (χ4v) is 4.09. The number of anilines is 1. The van der Waals surface area contributed by atoms with E-state index in [2.05, 4.69) is 22.0 Å². The number of carbonyl (C=O) groups is 2. The number of carbonyl (C=O) groups excluding carboxylic acids is 2. The van der Waals surface area contributed by atoms with Crippen molar-refractivity contribution in [2.75, 3.05) is 25.5 Å². The second-order valence-electron chi connectivity index (χ2n) is 9.60. The van der Waals surface area contributed by atoms with E-state index in [4.69, 9.17) is 9.47 Å². The summed E-state index contributed by atoms with van der Waals surface area (Å²) in [5.41, 5.74) is 0.563. The van der Waals surface area contributed by atoms with Gasteiger partial charge in [0.1, 0.15) is 24.2 Å². The van der Waals surface area contributed by atoms with Crippen LogP contribution >= 0.6 is 0 Å². The van der Waals surface area contributed by atoms with Crippen LogP contribution in [-0.4, -0.2) is 54.3 Å². The molecular weight excluding hydrogens is 560 g/mol. The highest BCUT2D eigenvalue weighted by Crippen LogP contribution is 2.26. The minimum absolute atomic E-state index is 0.0150. The largest absolute Gasteiger partial charge is 0.505 e. The molecule has 42 heavy (non-hydrogen) atoms. The van der Waals surface area contributed by atoms with Crippen LogP contribution in [0.25, 0.3) is 6.08 Å². The van der Waals surface area contributed by atoms with Gasteiger partial charge in [-0.1, -0.05) is 24.3 Å². The number of phenols is 1. The van der Waals surface area contributed by atoms with Gasteiger partial charge in [-0.15, -0.1) is 0 Å². The maximum atomic E-state index is 13.4. The van der Waals surface area contributed by atoms with Crippen molar-refractivity contribution < 1.29 is 46.5 Å². The number of nitrogens with one attached hydrogen (secondary N) is 1. The number of hydrogen-bond donors (Lipinski definition) is 2. The second kappa shape index (κ2) is 13.4. The SMILES string of the molecule is CN1CCC(Oc2ccc(OCc3ccccc3NC(=O)/C(=C\c3ccc(F)c(O)c3)OC(=O)C(F)(F)F)cc2)CC1. The number of benzene rings is 3. The van der Waals surface area contributed by atoms with Crippen molar-refractivity contribution in [3.63, 3.8) is 0 Å². The number of piperidine rings is 1. The number of hydrogen-bond acceptors (Lipinski definition) is 7. The van der Waals surface area contributed by atoms with Gasteiger partial charge < -0.3 is 29.5 Å². The van der Waals surface area contributed by atoms with E-state index < -0.39 is 35.4 Å². The van der Waals surface area contributed by atoms with Gasteiger partial charge in [0.15, 0.2) is 17.3 Å². The minimum Gasteiger partial charge on any atom is -0.505 e. The highest BCUT2D eigenvalue weighted by atomic mass is 19.4. The molecule has 8 nitrogen and oxygen atoms in total. The maximum Gasteiger partial charge on any atom is 0.491 e. The van der Waals surface area contributed by atoms with Crippen LogP contribution in [0, 0.1) is 5.82 Å². The van der Waals surface area contributed by atoms with Gasteiger partial charge in [-0.05, 0) is 74.0 Å². The lowest BCUT2D eigenvalue weighted by molar-refractivity contribution is -0.195. The third kappa shape index (κ3) is 8.46. The minimum atomic E-state index is -5.39. The number of esters is 1. The lowest BCUT2D eigenvalue weighted by atomic mass is 10.1. The number of para-hydroxylation sites is 1. The van der Waals surface area contributed by atoms with E-state index in [1.165, 1.54) is 6.07 Å². The van der Waals surface area contributed by atoms with Crippen LogP contribution < -0.4 is 14.8 Å². The Balaban J connectivity index is 1.44. The molecule has 0 unspecified atom stereocenters. The molecule has 1 amide bonds. The Kier molecular flexibility index (Phi) is 9.68. The van der Waals surface area contributed by atoms with Crippen LogP contribution in [0.5, 0.6) is 17.2 Å². The Morgan fingerprint density at radius 2 is 1.69 bits per heavy atom. The van der Waals surface area contributed by atoms with Crippen molar-refractivity contribution in [3.05, 3.63) is 89.4 Å². The first-order chi connectivity index (χ1) is 20.0. The zero-order valence-electron chi connectivity index (χ0n) is 22.5. The van der Waals surface area contributed by atoms with Crippen molar-refractivity contribution >= 4 is 23.6 Å². The number of likely N-dealkylation sites (tertiary alicyclic amines) is 1. The molecule has 1 aliphatic heterocycles. The zero-order valence-corrected chi connectivity index (χ0v) is 22.5. The molecule has 0 aliphatic carbocycles. The van der Waals surface area contributed by atoms with Crippen LogP contribution in [0.1, 0.15) is 24.0 Å². The fraction of sp³-hybridized carbons (Fsp3) is 0.267. The topological polar surface area (TPSA) is 97.3 Å². The quantitative estimate of drug-likeness (QED) is 0.144. The van der Waals surface area contributed by atoms with Crippen LogP contribution in [0.15, 0.2) is 72.5 Å². The summed E-state index contributed by atoms with van der Waals surface area (Å²) in [5.74, 6) is -5.42. The van der Waals surface area contributed by atoms with E-state index in [1.54, 1.807) is 42.5 Å². The van der Waals surface area contributed by atoms with E-state index in [0.717, 1.165) is 50.2 Å². The van der Waals surface area contributed by atoms with Crippen LogP contribution in [-0.2, 0) is 20.9 Å². The summed E-state index contributed by atoms with van der Waals surface area (Å²) < 4.78 is 68.3. The zero-order chi connectivity index (χ0) is 30.3. The number of nitrogens with zero attached hydrogens (tertiary/aromatic N) is 1. The average Bonchev–Trinajstić information content (AvgIpc) is 2.95. The third-order valence-electron chi connectivity index (χ3n) is 6.38. The van der Waals surface area contributed by atoms with Crippen LogP contribution in [0.4, 0.5) is 23.2 Å². The number of amides is 1. The summed E-state index contributed by atoms with van der Waals surface area (Å²) in [6.45, 7) is 1.93. The van der Waals surface area contributed by atoms with Crippen LogP contribution in [0.3, 0.4) is 0 Å². The Hall–Kier alpha value is -4.58. The van der Waals surface area contributed by atoms with Gasteiger partial charge in [-0.25, -0.2) is 9.18 Å². The summed E-state index contributed by atoms with van der Waals surface area (Å²) in [6.07, 6.45) is -2.59. The monoisotopic (exact) mass is 588 g/mol. The van der Waals surface area contributed by atoms with Crippen LogP contribution in [0.2, 0.25) is 0 Å². The van der Waals surface area contributed by atoms with Crippen molar-refractivity contribution in [2.24, 2.45) is 0 Å². The summed E-state index contributed by atoms with van der Waals surface area (Å²) in [6, 6.07) is 16.2. The number of rotatable bonds is 9. The first-order valence-corrected chi connectivity index (χ1v) is 12.9. The van der Waals surface area contributed by atoms with E-state index in [9.17, 15) is 32.3 Å². The van der Waals surface area contributed by atoms with Gasteiger partial charge in [0, 0.05) is 24.3 Å². The molecule has 12 heteroatoms.